The van der Waals surface area contributed by atoms with Crippen LogP contribution in [0.15, 0.2) is 36.4 Å². The van der Waals surface area contributed by atoms with E-state index in [9.17, 15) is 14.9 Å². The van der Waals surface area contributed by atoms with Crippen molar-refractivity contribution < 1.29 is 14.2 Å². The standard InChI is InChI=1S/C26H35N2O3/c1-25-14-4-5-21(25)20-10-11-23-26(2,22(20)12-15-25)16-13-24(29)28(23,3)17-18-6-8-19(9-7-18)27(30)31/h6-9,13,16,20-23H,4-5,10-12,14-15,17H2,1-3H3/q+1/t20-,21-,22-,23+,25-,26+,28?/m0/s1. The number of nitrogens with zero attached hydrogens (tertiary/aromatic N) is 2. The third-order valence-electron chi connectivity index (χ3n) is 9.94. The molecule has 31 heavy (non-hydrogen) atoms. The molecule has 0 aromatic heterocycles. The highest BCUT2D eigenvalue weighted by Crippen LogP contribution is 2.64. The van der Waals surface area contributed by atoms with Crippen molar-refractivity contribution in [2.75, 3.05) is 7.05 Å². The first-order valence-corrected chi connectivity index (χ1v) is 12.0. The second kappa shape index (κ2) is 6.99. The first-order chi connectivity index (χ1) is 14.7. The molecular weight excluding hydrogens is 388 g/mol. The van der Waals surface area contributed by atoms with E-state index in [0.717, 1.165) is 23.8 Å². The van der Waals surface area contributed by atoms with Crippen molar-refractivity contribution >= 4 is 11.6 Å². The van der Waals surface area contributed by atoms with Crippen molar-refractivity contribution in [2.24, 2.45) is 28.6 Å². The van der Waals surface area contributed by atoms with E-state index in [1.807, 2.05) is 18.2 Å². The summed E-state index contributed by atoms with van der Waals surface area (Å²) in [4.78, 5) is 23.9. The molecule has 0 spiro atoms. The highest BCUT2D eigenvalue weighted by molar-refractivity contribution is 5.82. The Kier molecular flexibility index (Phi) is 4.71. The molecule has 0 saturated heterocycles. The smallest absolute Gasteiger partial charge is 0.258 e. The number of benzene rings is 1. The Labute approximate surface area is 185 Å². The normalized spacial score (nSPS) is 43.8. The Balaban J connectivity index is 1.46. The van der Waals surface area contributed by atoms with Crippen LogP contribution in [0.5, 0.6) is 0 Å². The zero-order valence-corrected chi connectivity index (χ0v) is 19.0. The van der Waals surface area contributed by atoms with E-state index in [1.165, 1.54) is 38.5 Å². The number of carbonyl (C=O) groups excluding carboxylic acids is 1. The summed E-state index contributed by atoms with van der Waals surface area (Å²) in [7, 11) is 2.10. The minimum atomic E-state index is -0.368. The van der Waals surface area contributed by atoms with Gasteiger partial charge in [-0.25, -0.2) is 4.79 Å². The van der Waals surface area contributed by atoms with E-state index in [1.54, 1.807) is 12.1 Å². The van der Waals surface area contributed by atoms with Crippen LogP contribution in [0.4, 0.5) is 5.69 Å². The second-order valence-corrected chi connectivity index (χ2v) is 11.4. The summed E-state index contributed by atoms with van der Waals surface area (Å²) in [6, 6.07) is 7.03. The van der Waals surface area contributed by atoms with Crippen LogP contribution in [0.25, 0.3) is 0 Å². The molecule has 0 bridgehead atoms. The summed E-state index contributed by atoms with van der Waals surface area (Å²) in [5.74, 6) is 2.46. The number of nitro groups is 1. The number of rotatable bonds is 3. The molecule has 1 amide bonds. The second-order valence-electron chi connectivity index (χ2n) is 11.4. The maximum atomic E-state index is 13.3. The summed E-state index contributed by atoms with van der Waals surface area (Å²) in [5, 5.41) is 11.0. The summed E-state index contributed by atoms with van der Waals surface area (Å²) >= 11 is 0. The quantitative estimate of drug-likeness (QED) is 0.359. The fourth-order valence-electron chi connectivity index (χ4n) is 8.36. The number of non-ortho nitro benzene ring substituents is 1. The van der Waals surface area contributed by atoms with Gasteiger partial charge < -0.3 is 0 Å². The fraction of sp³-hybridized carbons (Fsp3) is 0.654. The number of amides is 1. The lowest BCUT2D eigenvalue weighted by Crippen LogP contribution is -2.67. The van der Waals surface area contributed by atoms with Gasteiger partial charge in [-0.05, 0) is 67.4 Å². The molecule has 0 N–H and O–H groups in total. The topological polar surface area (TPSA) is 60.2 Å². The zero-order valence-electron chi connectivity index (χ0n) is 19.0. The largest absolute Gasteiger partial charge is 0.338 e. The van der Waals surface area contributed by atoms with Gasteiger partial charge in [-0.3, -0.25) is 14.6 Å². The summed E-state index contributed by atoms with van der Waals surface area (Å²) in [6.07, 6.45) is 13.2. The molecule has 1 aliphatic heterocycles. The monoisotopic (exact) mass is 423 g/mol. The molecule has 1 aromatic rings. The minimum absolute atomic E-state index is 0.0380. The van der Waals surface area contributed by atoms with E-state index in [0.29, 0.717) is 22.4 Å². The van der Waals surface area contributed by atoms with Gasteiger partial charge in [0.1, 0.15) is 12.6 Å². The van der Waals surface area contributed by atoms with Gasteiger partial charge in [0.05, 0.1) is 12.0 Å². The SMILES string of the molecule is C[C@@]12CCC[C@H]1[C@@H]1CC[C@@H]3[C@](C)(C=CC(=O)[N+]3(C)Cc3ccc([N+](=O)[O-])cc3)[C@H]1CC2. The summed E-state index contributed by atoms with van der Waals surface area (Å²) < 4.78 is 0.385. The molecule has 5 rings (SSSR count). The summed E-state index contributed by atoms with van der Waals surface area (Å²) in [5.41, 5.74) is 1.67. The Hall–Kier alpha value is -2.01. The van der Waals surface area contributed by atoms with Crippen molar-refractivity contribution in [1.82, 2.24) is 0 Å². The molecule has 3 aliphatic carbocycles. The van der Waals surface area contributed by atoms with E-state index in [4.69, 9.17) is 0 Å². The first-order valence-electron chi connectivity index (χ1n) is 12.0. The van der Waals surface area contributed by atoms with Crippen molar-refractivity contribution in [1.29, 1.82) is 0 Å². The maximum Gasteiger partial charge on any atom is 0.338 e. The number of hydrogen-bond acceptors (Lipinski definition) is 3. The highest BCUT2D eigenvalue weighted by atomic mass is 16.6. The van der Waals surface area contributed by atoms with Gasteiger partial charge >= 0.3 is 5.91 Å². The van der Waals surface area contributed by atoms with Gasteiger partial charge in [-0.15, -0.1) is 0 Å². The number of fused-ring (bicyclic) bond motifs is 5. The molecule has 3 saturated carbocycles. The Morgan fingerprint density at radius 3 is 2.52 bits per heavy atom. The number of quaternary nitrogens is 1. The predicted molar refractivity (Wildman–Crippen MR) is 120 cm³/mol. The molecule has 0 radical (unpaired) electrons. The van der Waals surface area contributed by atoms with Crippen molar-refractivity contribution in [2.45, 2.75) is 71.4 Å². The Morgan fingerprint density at radius 1 is 1.06 bits per heavy atom. The van der Waals surface area contributed by atoms with Gasteiger partial charge in [0.25, 0.3) is 5.69 Å². The van der Waals surface area contributed by atoms with Crippen LogP contribution in [0, 0.1) is 38.7 Å². The van der Waals surface area contributed by atoms with Crippen LogP contribution in [-0.2, 0) is 11.3 Å². The average molecular weight is 424 g/mol. The first kappa shape index (κ1) is 20.9. The highest BCUT2D eigenvalue weighted by Gasteiger charge is 2.62. The molecule has 7 atom stereocenters. The van der Waals surface area contributed by atoms with Crippen LogP contribution in [0.1, 0.15) is 64.4 Å². The van der Waals surface area contributed by atoms with Crippen molar-refractivity contribution in [3.8, 4) is 0 Å². The van der Waals surface area contributed by atoms with Gasteiger partial charge in [0.2, 0.25) is 0 Å². The maximum absolute atomic E-state index is 13.3. The molecule has 5 heteroatoms. The third kappa shape index (κ3) is 3.03. The van der Waals surface area contributed by atoms with Gasteiger partial charge in [0, 0.05) is 35.6 Å². The van der Waals surface area contributed by atoms with Crippen molar-refractivity contribution in [3.05, 3.63) is 52.1 Å². The van der Waals surface area contributed by atoms with Gasteiger partial charge in [-0.1, -0.05) is 26.3 Å². The van der Waals surface area contributed by atoms with Gasteiger partial charge in [0.15, 0.2) is 0 Å². The van der Waals surface area contributed by atoms with Gasteiger partial charge in [-0.2, -0.15) is 0 Å². The zero-order chi connectivity index (χ0) is 22.0. The molecule has 4 aliphatic rings. The van der Waals surface area contributed by atoms with E-state index in [-0.39, 0.29) is 28.0 Å². The predicted octanol–water partition coefficient (Wildman–Crippen LogP) is 5.64. The Bertz CT molecular complexity index is 940. The van der Waals surface area contributed by atoms with Crippen molar-refractivity contribution in [3.63, 3.8) is 0 Å². The van der Waals surface area contributed by atoms with Crippen LogP contribution in [0.2, 0.25) is 0 Å². The molecule has 1 aromatic carbocycles. The van der Waals surface area contributed by atoms with E-state index >= 15 is 0 Å². The molecule has 1 unspecified atom stereocenters. The molecule has 3 fully saturated rings. The van der Waals surface area contributed by atoms with E-state index < -0.39 is 0 Å². The lowest BCUT2D eigenvalue weighted by molar-refractivity contribution is -0.882. The average Bonchev–Trinajstić information content (AvgIpc) is 3.13. The summed E-state index contributed by atoms with van der Waals surface area (Å²) in [6.45, 7) is 5.55. The lowest BCUT2D eigenvalue weighted by atomic mass is 9.48. The van der Waals surface area contributed by atoms with Crippen LogP contribution in [0.3, 0.4) is 0 Å². The van der Waals surface area contributed by atoms with Crippen LogP contribution in [-0.4, -0.2) is 28.4 Å². The lowest BCUT2D eigenvalue weighted by Gasteiger charge is -2.60. The number of carbonyl (C=O) groups is 1. The molecule has 5 nitrogen and oxygen atoms in total. The molecular formula is C26H35N2O3+. The third-order valence-corrected chi connectivity index (χ3v) is 9.94. The number of likely N-dealkylation sites (N-methyl/N-ethyl adjacent to an activating group) is 1. The number of nitro benzene ring substituents is 1. The van der Waals surface area contributed by atoms with Crippen LogP contribution < -0.4 is 0 Å². The minimum Gasteiger partial charge on any atom is -0.258 e. The molecule has 166 valence electrons. The van der Waals surface area contributed by atoms with E-state index in [2.05, 4.69) is 27.0 Å². The fourth-order valence-corrected chi connectivity index (χ4v) is 8.36. The molecule has 1 heterocycles. The Morgan fingerprint density at radius 2 is 1.81 bits per heavy atom. The van der Waals surface area contributed by atoms with Crippen LogP contribution >= 0.6 is 0 Å². The number of hydrogen-bond donors (Lipinski definition) is 0.